The highest BCUT2D eigenvalue weighted by Gasteiger charge is 2.33. The third kappa shape index (κ3) is 5.66. The van der Waals surface area contributed by atoms with E-state index in [9.17, 15) is 14.4 Å². The molecule has 1 aliphatic heterocycles. The van der Waals surface area contributed by atoms with Crippen LogP contribution in [0.4, 0.5) is 4.39 Å². The van der Waals surface area contributed by atoms with Gasteiger partial charge in [0.1, 0.15) is 11.4 Å². The minimum absolute atomic E-state index is 0.0570. The molecule has 0 radical (unpaired) electrons. The summed E-state index contributed by atoms with van der Waals surface area (Å²) >= 11 is 6.12. The fourth-order valence-electron chi connectivity index (χ4n) is 4.10. The molecule has 1 aromatic carbocycles. The number of carbonyl (C=O) groups excluding carboxylic acids is 1. The lowest BCUT2D eigenvalue weighted by molar-refractivity contribution is -0.124. The number of halogens is 2. The number of hydrogen-bond acceptors (Lipinski definition) is 4. The van der Waals surface area contributed by atoms with Crippen LogP contribution in [0.1, 0.15) is 44.1 Å². The first-order valence-corrected chi connectivity index (χ1v) is 10.5. The second-order valence-corrected chi connectivity index (χ2v) is 8.35. The van der Waals surface area contributed by atoms with Crippen LogP contribution >= 0.6 is 11.6 Å². The number of piperazine rings is 1. The van der Waals surface area contributed by atoms with Crippen LogP contribution in [0.3, 0.4) is 0 Å². The Morgan fingerprint density at radius 1 is 1.14 bits per heavy atom. The van der Waals surface area contributed by atoms with Gasteiger partial charge in [-0.05, 0) is 30.5 Å². The van der Waals surface area contributed by atoms with Crippen LogP contribution in [0.25, 0.3) is 0 Å². The summed E-state index contributed by atoms with van der Waals surface area (Å²) in [7, 11) is 0. The Bertz CT molecular complexity index is 720. The van der Waals surface area contributed by atoms with E-state index in [1.807, 2.05) is 0 Å². The molecule has 3 rings (SSSR count). The lowest BCUT2D eigenvalue weighted by Gasteiger charge is -2.35. The summed E-state index contributed by atoms with van der Waals surface area (Å²) in [4.78, 5) is 16.9. The molecule has 1 amide bonds. The second-order valence-electron chi connectivity index (χ2n) is 7.94. The Balaban J connectivity index is 1.46. The quantitative estimate of drug-likeness (QED) is 0.762. The van der Waals surface area contributed by atoms with Crippen LogP contribution in [0.15, 0.2) is 18.2 Å². The monoisotopic (exact) mass is 406 g/mol. The molecule has 28 heavy (non-hydrogen) atoms. The highest BCUT2D eigenvalue weighted by atomic mass is 35.5. The second kappa shape index (κ2) is 9.69. The molecule has 1 N–H and O–H groups in total. The van der Waals surface area contributed by atoms with E-state index in [0.717, 1.165) is 70.3 Å². The SMILES string of the molecule is N#CC1(NC(=O)CN2CCN(Cc3ccc(F)cc3Cl)CC2)CCCCCC1. The highest BCUT2D eigenvalue weighted by molar-refractivity contribution is 6.31. The maximum atomic E-state index is 13.2. The van der Waals surface area contributed by atoms with Gasteiger partial charge in [-0.2, -0.15) is 5.26 Å². The first-order valence-electron chi connectivity index (χ1n) is 10.1. The van der Waals surface area contributed by atoms with Crippen molar-refractivity contribution in [2.24, 2.45) is 0 Å². The molecule has 1 heterocycles. The number of hydrogen-bond donors (Lipinski definition) is 1. The molecule has 1 aromatic rings. The summed E-state index contributed by atoms with van der Waals surface area (Å²) in [6.45, 7) is 4.22. The van der Waals surface area contributed by atoms with E-state index in [1.54, 1.807) is 6.07 Å². The molecular weight excluding hydrogens is 379 g/mol. The first kappa shape index (κ1) is 21.0. The van der Waals surface area contributed by atoms with Crippen molar-refractivity contribution < 1.29 is 9.18 Å². The lowest BCUT2D eigenvalue weighted by atomic mass is 9.92. The molecule has 5 nitrogen and oxygen atoms in total. The van der Waals surface area contributed by atoms with Crippen LogP contribution in [0.2, 0.25) is 5.02 Å². The van der Waals surface area contributed by atoms with E-state index in [4.69, 9.17) is 11.6 Å². The highest BCUT2D eigenvalue weighted by Crippen LogP contribution is 2.26. The molecule has 2 aliphatic rings. The van der Waals surface area contributed by atoms with Gasteiger partial charge in [-0.15, -0.1) is 0 Å². The zero-order valence-corrected chi connectivity index (χ0v) is 17.0. The fourth-order valence-corrected chi connectivity index (χ4v) is 4.33. The predicted octanol–water partition coefficient (Wildman–Crippen LogP) is 3.33. The third-order valence-electron chi connectivity index (χ3n) is 5.79. The molecule has 0 atom stereocenters. The number of carbonyl (C=O) groups is 1. The van der Waals surface area contributed by atoms with Gasteiger partial charge in [-0.3, -0.25) is 14.6 Å². The Labute approximate surface area is 171 Å². The normalized spacial score (nSPS) is 20.9. The van der Waals surface area contributed by atoms with Crippen LogP contribution in [0, 0.1) is 17.1 Å². The molecule has 1 saturated heterocycles. The standard InChI is InChI=1S/C21H28ClFN4O/c22-19-13-18(23)6-5-17(19)14-26-9-11-27(12-10-26)15-20(28)25-21(16-24)7-3-1-2-4-8-21/h5-6,13H,1-4,7-12,14-15H2,(H,25,28). The van der Waals surface area contributed by atoms with Crippen molar-refractivity contribution in [1.29, 1.82) is 5.26 Å². The largest absolute Gasteiger partial charge is 0.337 e. The molecule has 7 heteroatoms. The maximum absolute atomic E-state index is 13.2. The molecule has 0 unspecified atom stereocenters. The van der Waals surface area contributed by atoms with Gasteiger partial charge < -0.3 is 5.32 Å². The smallest absolute Gasteiger partial charge is 0.235 e. The van der Waals surface area contributed by atoms with E-state index in [-0.39, 0.29) is 11.7 Å². The van der Waals surface area contributed by atoms with E-state index < -0.39 is 5.54 Å². The first-order chi connectivity index (χ1) is 13.5. The number of nitrogens with one attached hydrogen (secondary N) is 1. The molecule has 1 saturated carbocycles. The van der Waals surface area contributed by atoms with Gasteiger partial charge in [-0.1, -0.05) is 43.4 Å². The van der Waals surface area contributed by atoms with E-state index in [2.05, 4.69) is 21.2 Å². The Morgan fingerprint density at radius 2 is 1.79 bits per heavy atom. The van der Waals surface area contributed by atoms with Gasteiger partial charge in [0.05, 0.1) is 12.6 Å². The average Bonchev–Trinajstić information content (AvgIpc) is 2.91. The van der Waals surface area contributed by atoms with Crippen molar-refractivity contribution in [2.45, 2.75) is 50.6 Å². The number of nitriles is 1. The minimum Gasteiger partial charge on any atom is -0.337 e. The maximum Gasteiger partial charge on any atom is 0.235 e. The number of benzene rings is 1. The van der Waals surface area contributed by atoms with Crippen molar-refractivity contribution in [3.05, 3.63) is 34.6 Å². The zero-order chi connectivity index (χ0) is 20.0. The summed E-state index contributed by atoms with van der Waals surface area (Å²) in [5.74, 6) is -0.383. The van der Waals surface area contributed by atoms with Gasteiger partial charge in [0.15, 0.2) is 0 Å². The predicted molar refractivity (Wildman–Crippen MR) is 107 cm³/mol. The molecule has 0 aromatic heterocycles. The van der Waals surface area contributed by atoms with Crippen molar-refractivity contribution in [1.82, 2.24) is 15.1 Å². The minimum atomic E-state index is -0.686. The Kier molecular flexibility index (Phi) is 7.28. The average molecular weight is 407 g/mol. The van der Waals surface area contributed by atoms with Crippen LogP contribution in [0.5, 0.6) is 0 Å². The van der Waals surface area contributed by atoms with Gasteiger partial charge in [0.2, 0.25) is 5.91 Å². The summed E-state index contributed by atoms with van der Waals surface area (Å²) in [6, 6.07) is 6.87. The van der Waals surface area contributed by atoms with Gasteiger partial charge in [-0.25, -0.2) is 4.39 Å². The van der Waals surface area contributed by atoms with Gasteiger partial charge in [0, 0.05) is 37.7 Å². The van der Waals surface area contributed by atoms with Crippen molar-refractivity contribution >= 4 is 17.5 Å². The topological polar surface area (TPSA) is 59.4 Å². The van der Waals surface area contributed by atoms with Crippen LogP contribution in [-0.2, 0) is 11.3 Å². The summed E-state index contributed by atoms with van der Waals surface area (Å²) in [5.41, 5.74) is 0.230. The Morgan fingerprint density at radius 3 is 2.39 bits per heavy atom. The molecular formula is C21H28ClFN4O. The van der Waals surface area contributed by atoms with Gasteiger partial charge >= 0.3 is 0 Å². The molecule has 0 spiro atoms. The number of nitrogens with zero attached hydrogens (tertiary/aromatic N) is 3. The van der Waals surface area contributed by atoms with E-state index >= 15 is 0 Å². The van der Waals surface area contributed by atoms with Crippen LogP contribution in [-0.4, -0.2) is 54.0 Å². The molecule has 1 aliphatic carbocycles. The fraction of sp³-hybridized carbons (Fsp3) is 0.619. The van der Waals surface area contributed by atoms with Crippen molar-refractivity contribution in [3.63, 3.8) is 0 Å². The van der Waals surface area contributed by atoms with E-state index in [1.165, 1.54) is 12.1 Å². The molecule has 0 bridgehead atoms. The van der Waals surface area contributed by atoms with Crippen molar-refractivity contribution in [2.75, 3.05) is 32.7 Å². The zero-order valence-electron chi connectivity index (χ0n) is 16.2. The lowest BCUT2D eigenvalue weighted by Crippen LogP contribution is -2.53. The third-order valence-corrected chi connectivity index (χ3v) is 6.14. The Hall–Kier alpha value is -1.68. The van der Waals surface area contributed by atoms with E-state index in [0.29, 0.717) is 18.1 Å². The van der Waals surface area contributed by atoms with Gasteiger partial charge in [0.25, 0.3) is 0 Å². The molecule has 2 fully saturated rings. The molecule has 152 valence electrons. The van der Waals surface area contributed by atoms with Crippen molar-refractivity contribution in [3.8, 4) is 6.07 Å². The number of amides is 1. The van der Waals surface area contributed by atoms with Crippen LogP contribution < -0.4 is 5.32 Å². The summed E-state index contributed by atoms with van der Waals surface area (Å²) < 4.78 is 13.2. The number of rotatable bonds is 5. The summed E-state index contributed by atoms with van der Waals surface area (Å²) in [5, 5.41) is 13.1. The summed E-state index contributed by atoms with van der Waals surface area (Å²) in [6.07, 6.45) is 5.78.